The SMILES string of the molecule is O=C(NCc1csc(=O)[nH]1)[C@H]1C[C@H]1c1ccc(F)c(F)c1. The predicted octanol–water partition coefficient (Wildman–Crippen LogP) is 2.13. The Balaban J connectivity index is 1.58. The minimum Gasteiger partial charge on any atom is -0.350 e. The van der Waals surface area contributed by atoms with Gasteiger partial charge in [-0.15, -0.1) is 0 Å². The van der Waals surface area contributed by atoms with Crippen molar-refractivity contribution in [3.05, 3.63) is 56.1 Å². The Morgan fingerprint density at radius 2 is 2.19 bits per heavy atom. The smallest absolute Gasteiger partial charge is 0.304 e. The molecule has 7 heteroatoms. The maximum Gasteiger partial charge on any atom is 0.304 e. The molecule has 0 bridgehead atoms. The number of benzene rings is 1. The van der Waals surface area contributed by atoms with Crippen LogP contribution in [0, 0.1) is 17.6 Å². The van der Waals surface area contributed by atoms with Crippen molar-refractivity contribution in [3.63, 3.8) is 0 Å². The summed E-state index contributed by atoms with van der Waals surface area (Å²) >= 11 is 1.04. The van der Waals surface area contributed by atoms with Gasteiger partial charge in [0.15, 0.2) is 11.6 Å². The number of hydrogen-bond donors (Lipinski definition) is 2. The van der Waals surface area contributed by atoms with Gasteiger partial charge >= 0.3 is 4.87 Å². The fourth-order valence-electron chi connectivity index (χ4n) is 2.31. The number of nitrogens with one attached hydrogen (secondary N) is 2. The van der Waals surface area contributed by atoms with Crippen LogP contribution < -0.4 is 10.2 Å². The molecule has 0 unspecified atom stereocenters. The van der Waals surface area contributed by atoms with Gasteiger partial charge < -0.3 is 10.3 Å². The van der Waals surface area contributed by atoms with Crippen molar-refractivity contribution in [3.8, 4) is 0 Å². The van der Waals surface area contributed by atoms with Crippen LogP contribution in [0.2, 0.25) is 0 Å². The van der Waals surface area contributed by atoms with Crippen molar-refractivity contribution >= 4 is 17.2 Å². The number of thiazole rings is 1. The first-order chi connectivity index (χ1) is 10.0. The van der Waals surface area contributed by atoms with Crippen LogP contribution in [0.4, 0.5) is 8.78 Å². The summed E-state index contributed by atoms with van der Waals surface area (Å²) in [6.07, 6.45) is 0.622. The molecule has 1 aromatic carbocycles. The van der Waals surface area contributed by atoms with Gasteiger partial charge in [0.05, 0.1) is 6.54 Å². The van der Waals surface area contributed by atoms with Crippen molar-refractivity contribution in [2.75, 3.05) is 0 Å². The Labute approximate surface area is 122 Å². The molecule has 2 aromatic rings. The quantitative estimate of drug-likeness (QED) is 0.909. The Hall–Kier alpha value is -2.02. The van der Waals surface area contributed by atoms with Crippen LogP contribution in [0.15, 0.2) is 28.4 Å². The number of halogens is 2. The average molecular weight is 310 g/mol. The summed E-state index contributed by atoms with van der Waals surface area (Å²) in [6.45, 7) is 0.262. The lowest BCUT2D eigenvalue weighted by atomic mass is 10.1. The number of amides is 1. The minimum atomic E-state index is -0.894. The highest BCUT2D eigenvalue weighted by Gasteiger charge is 2.44. The molecule has 1 fully saturated rings. The molecule has 1 aromatic heterocycles. The van der Waals surface area contributed by atoms with Crippen LogP contribution >= 0.6 is 11.3 Å². The highest BCUT2D eigenvalue weighted by atomic mass is 32.1. The monoisotopic (exact) mass is 310 g/mol. The zero-order chi connectivity index (χ0) is 15.0. The number of carbonyl (C=O) groups excluding carboxylic acids is 1. The second-order valence-electron chi connectivity index (χ2n) is 5.01. The minimum absolute atomic E-state index is 0.0679. The molecule has 2 atom stereocenters. The van der Waals surface area contributed by atoms with Gasteiger partial charge in [0.1, 0.15) is 0 Å². The summed E-state index contributed by atoms with van der Waals surface area (Å²) < 4.78 is 26.0. The van der Waals surface area contributed by atoms with E-state index in [9.17, 15) is 18.4 Å². The van der Waals surface area contributed by atoms with Crippen LogP contribution in [0.25, 0.3) is 0 Å². The van der Waals surface area contributed by atoms with Crippen molar-refractivity contribution in [1.29, 1.82) is 0 Å². The second-order valence-corrected chi connectivity index (χ2v) is 5.86. The first-order valence-corrected chi connectivity index (χ1v) is 7.32. The molecule has 3 rings (SSSR count). The van der Waals surface area contributed by atoms with Crippen LogP contribution in [0.1, 0.15) is 23.6 Å². The van der Waals surface area contributed by atoms with Crippen LogP contribution in [0.3, 0.4) is 0 Å². The van der Waals surface area contributed by atoms with E-state index in [4.69, 9.17) is 0 Å². The number of H-pyrrole nitrogens is 1. The average Bonchev–Trinajstić information content (AvgIpc) is 3.15. The third-order valence-corrected chi connectivity index (χ3v) is 4.24. The standard InChI is InChI=1S/C14H12F2N2O2S/c15-11-2-1-7(3-12(11)16)9-4-10(9)13(19)17-5-8-6-21-14(20)18-8/h1-3,6,9-10H,4-5H2,(H,17,19)(H,18,20)/t9-,10-/m0/s1. The molecule has 21 heavy (non-hydrogen) atoms. The molecule has 0 aliphatic heterocycles. The number of rotatable bonds is 4. The Bertz CT molecular complexity index is 741. The Kier molecular flexibility index (Phi) is 3.59. The lowest BCUT2D eigenvalue weighted by Gasteiger charge is -2.04. The van der Waals surface area contributed by atoms with Gasteiger partial charge in [-0.05, 0) is 30.0 Å². The second kappa shape index (κ2) is 5.40. The molecule has 1 saturated carbocycles. The molecular formula is C14H12F2N2O2S. The Morgan fingerprint density at radius 1 is 1.38 bits per heavy atom. The van der Waals surface area contributed by atoms with Crippen molar-refractivity contribution in [2.24, 2.45) is 5.92 Å². The molecule has 4 nitrogen and oxygen atoms in total. The highest BCUT2D eigenvalue weighted by Crippen LogP contribution is 2.47. The van der Waals surface area contributed by atoms with Crippen LogP contribution in [0.5, 0.6) is 0 Å². The largest absolute Gasteiger partial charge is 0.350 e. The van der Waals surface area contributed by atoms with E-state index in [0.717, 1.165) is 23.5 Å². The lowest BCUT2D eigenvalue weighted by Crippen LogP contribution is -2.25. The molecule has 0 spiro atoms. The fraction of sp³-hybridized carbons (Fsp3) is 0.286. The van der Waals surface area contributed by atoms with Gasteiger partial charge in [0.25, 0.3) is 0 Å². The van der Waals surface area contributed by atoms with E-state index in [1.807, 2.05) is 0 Å². The number of aromatic amines is 1. The first-order valence-electron chi connectivity index (χ1n) is 6.44. The van der Waals surface area contributed by atoms with Gasteiger partial charge in [-0.1, -0.05) is 17.4 Å². The molecule has 1 amide bonds. The zero-order valence-corrected chi connectivity index (χ0v) is 11.7. The molecule has 0 saturated heterocycles. The molecular weight excluding hydrogens is 298 g/mol. The summed E-state index contributed by atoms with van der Waals surface area (Å²) in [5.74, 6) is -2.21. The normalized spacial score (nSPS) is 20.3. The number of hydrogen-bond acceptors (Lipinski definition) is 3. The molecule has 110 valence electrons. The number of carbonyl (C=O) groups is 1. The zero-order valence-electron chi connectivity index (χ0n) is 10.9. The topological polar surface area (TPSA) is 62.0 Å². The van der Waals surface area contributed by atoms with E-state index in [1.54, 1.807) is 5.38 Å². The van der Waals surface area contributed by atoms with E-state index in [-0.39, 0.29) is 29.2 Å². The lowest BCUT2D eigenvalue weighted by molar-refractivity contribution is -0.122. The van der Waals surface area contributed by atoms with Crippen molar-refractivity contribution in [1.82, 2.24) is 10.3 Å². The van der Waals surface area contributed by atoms with E-state index in [1.165, 1.54) is 6.07 Å². The van der Waals surface area contributed by atoms with E-state index in [2.05, 4.69) is 10.3 Å². The molecule has 1 aliphatic rings. The summed E-state index contributed by atoms with van der Waals surface area (Å²) in [4.78, 5) is 25.4. The van der Waals surface area contributed by atoms with E-state index < -0.39 is 11.6 Å². The number of aromatic nitrogens is 1. The van der Waals surface area contributed by atoms with E-state index >= 15 is 0 Å². The van der Waals surface area contributed by atoms with Gasteiger partial charge in [-0.25, -0.2) is 8.78 Å². The van der Waals surface area contributed by atoms with Crippen LogP contribution in [-0.4, -0.2) is 10.9 Å². The van der Waals surface area contributed by atoms with Gasteiger partial charge in [0, 0.05) is 17.0 Å². The predicted molar refractivity (Wildman–Crippen MR) is 74.0 cm³/mol. The third kappa shape index (κ3) is 3.02. The van der Waals surface area contributed by atoms with Crippen molar-refractivity contribution in [2.45, 2.75) is 18.9 Å². The Morgan fingerprint density at radius 3 is 2.86 bits per heavy atom. The summed E-state index contributed by atoms with van der Waals surface area (Å²) in [5, 5.41) is 4.38. The molecule has 0 radical (unpaired) electrons. The third-order valence-electron chi connectivity index (χ3n) is 3.52. The fourth-order valence-corrected chi connectivity index (χ4v) is 2.89. The summed E-state index contributed by atoms with van der Waals surface area (Å²) in [5.41, 5.74) is 1.29. The van der Waals surface area contributed by atoms with E-state index in [0.29, 0.717) is 17.7 Å². The van der Waals surface area contributed by atoms with Gasteiger partial charge in [0.2, 0.25) is 5.91 Å². The maximum absolute atomic E-state index is 13.2. The van der Waals surface area contributed by atoms with Gasteiger partial charge in [-0.2, -0.15) is 0 Å². The maximum atomic E-state index is 13.2. The van der Waals surface area contributed by atoms with Crippen molar-refractivity contribution < 1.29 is 13.6 Å². The first kappa shape index (κ1) is 13.9. The van der Waals surface area contributed by atoms with Crippen LogP contribution in [-0.2, 0) is 11.3 Å². The summed E-state index contributed by atoms with van der Waals surface area (Å²) in [6, 6.07) is 3.73. The molecule has 2 N–H and O–H groups in total. The highest BCUT2D eigenvalue weighted by molar-refractivity contribution is 7.07. The molecule has 1 aliphatic carbocycles. The molecule has 1 heterocycles. The van der Waals surface area contributed by atoms with Gasteiger partial charge in [-0.3, -0.25) is 9.59 Å². The summed E-state index contributed by atoms with van der Waals surface area (Å²) in [7, 11) is 0.